The van der Waals surface area contributed by atoms with Crippen LogP contribution in [0.4, 0.5) is 13.2 Å². The number of amides is 1. The molecule has 1 fully saturated rings. The predicted molar refractivity (Wildman–Crippen MR) is 133 cm³/mol. The molecule has 0 unspecified atom stereocenters. The lowest BCUT2D eigenvalue weighted by molar-refractivity contribution is -0.137. The molecule has 9 heteroatoms. The number of aromatic nitrogens is 2. The Labute approximate surface area is 213 Å². The quantitative estimate of drug-likeness (QED) is 0.421. The second-order valence-corrected chi connectivity index (χ2v) is 10.0. The van der Waals surface area contributed by atoms with Crippen LogP contribution in [0.15, 0.2) is 30.6 Å². The first kappa shape index (κ1) is 26.4. The van der Waals surface area contributed by atoms with Crippen molar-refractivity contribution in [1.29, 1.82) is 5.26 Å². The van der Waals surface area contributed by atoms with Gasteiger partial charge in [-0.1, -0.05) is 26.0 Å². The number of ketones is 1. The first-order chi connectivity index (χ1) is 17.4. The Morgan fingerprint density at radius 1 is 1.22 bits per heavy atom. The van der Waals surface area contributed by atoms with Gasteiger partial charge in [-0.25, -0.2) is 4.98 Å². The van der Waals surface area contributed by atoms with Crippen LogP contribution in [0.25, 0.3) is 11.0 Å². The Bertz CT molecular complexity index is 1410. The molecule has 194 valence electrons. The van der Waals surface area contributed by atoms with Gasteiger partial charge >= 0.3 is 6.18 Å². The monoisotopic (exact) mass is 510 g/mol. The summed E-state index contributed by atoms with van der Waals surface area (Å²) in [6.45, 7) is 6.37. The van der Waals surface area contributed by atoms with E-state index < -0.39 is 23.9 Å². The third-order valence-electron chi connectivity index (χ3n) is 7.15. The molecule has 1 aromatic carbocycles. The molecule has 0 saturated carbocycles. The maximum atomic E-state index is 14.6. The van der Waals surface area contributed by atoms with E-state index in [0.717, 1.165) is 6.20 Å². The Morgan fingerprint density at radius 2 is 1.89 bits per heavy atom. The topological polar surface area (TPSA) is 79.0 Å². The minimum absolute atomic E-state index is 0.0237. The molecule has 1 aliphatic heterocycles. The number of carbonyl (C=O) groups excluding carboxylic acids is 2. The summed E-state index contributed by atoms with van der Waals surface area (Å²) in [4.78, 5) is 31.5. The van der Waals surface area contributed by atoms with Crippen LogP contribution in [0.1, 0.15) is 70.8 Å². The molecule has 1 saturated heterocycles. The summed E-state index contributed by atoms with van der Waals surface area (Å²) < 4.78 is 45.3. The van der Waals surface area contributed by atoms with Crippen molar-refractivity contribution in [2.75, 3.05) is 13.1 Å². The van der Waals surface area contributed by atoms with E-state index >= 15 is 0 Å². The fraction of sp³-hybridized carbons (Fsp3) is 0.429. The Kier molecular flexibility index (Phi) is 7.13. The third kappa shape index (κ3) is 5.10. The number of rotatable bonds is 5. The number of likely N-dealkylation sites (tertiary alicyclic amines) is 1. The van der Waals surface area contributed by atoms with Gasteiger partial charge in [-0.15, -0.1) is 0 Å². The van der Waals surface area contributed by atoms with Crippen molar-refractivity contribution in [2.45, 2.75) is 52.1 Å². The number of fused-ring (bicyclic) bond motifs is 1. The number of nitrogens with zero attached hydrogens (tertiary/aromatic N) is 4. The lowest BCUT2D eigenvalue weighted by Gasteiger charge is -2.33. The minimum Gasteiger partial charge on any atom is -0.342 e. The van der Waals surface area contributed by atoms with Gasteiger partial charge in [-0.2, -0.15) is 18.4 Å². The maximum Gasteiger partial charge on any atom is 0.417 e. The van der Waals surface area contributed by atoms with Crippen molar-refractivity contribution in [1.82, 2.24) is 14.5 Å². The number of aryl methyl sites for hydroxylation is 2. The number of piperidine rings is 1. The molecule has 0 bridgehead atoms. The molecule has 1 aliphatic rings. The highest BCUT2D eigenvalue weighted by Crippen LogP contribution is 2.43. The summed E-state index contributed by atoms with van der Waals surface area (Å²) in [5, 5.41) is 9.29. The Morgan fingerprint density at radius 3 is 2.49 bits per heavy atom. The van der Waals surface area contributed by atoms with Crippen LogP contribution in [-0.2, 0) is 24.4 Å². The molecule has 37 heavy (non-hydrogen) atoms. The van der Waals surface area contributed by atoms with Crippen molar-refractivity contribution in [2.24, 2.45) is 13.0 Å². The molecule has 4 rings (SSSR count). The van der Waals surface area contributed by atoms with Gasteiger partial charge in [0.2, 0.25) is 5.91 Å². The second kappa shape index (κ2) is 10.0. The highest BCUT2D eigenvalue weighted by Gasteiger charge is 2.39. The minimum atomic E-state index is -4.70. The van der Waals surface area contributed by atoms with Crippen LogP contribution in [-0.4, -0.2) is 39.2 Å². The zero-order chi connectivity index (χ0) is 27.1. The molecule has 0 radical (unpaired) electrons. The summed E-state index contributed by atoms with van der Waals surface area (Å²) in [6.07, 6.45) is -1.25. The Balaban J connectivity index is 1.74. The summed E-state index contributed by atoms with van der Waals surface area (Å²) in [5.74, 6) is -0.760. The highest BCUT2D eigenvalue weighted by atomic mass is 19.4. The molecule has 0 N–H and O–H groups in total. The average Bonchev–Trinajstić information content (AvgIpc) is 3.19. The van der Waals surface area contributed by atoms with Gasteiger partial charge in [0.05, 0.1) is 17.2 Å². The molecule has 3 aromatic rings. The van der Waals surface area contributed by atoms with Gasteiger partial charge in [-0.05, 0) is 48.4 Å². The lowest BCUT2D eigenvalue weighted by atomic mass is 9.86. The zero-order valence-corrected chi connectivity index (χ0v) is 21.3. The third-order valence-corrected chi connectivity index (χ3v) is 7.15. The number of carbonyl (C=O) groups is 2. The van der Waals surface area contributed by atoms with Gasteiger partial charge < -0.3 is 9.47 Å². The molecule has 2 aromatic heterocycles. The summed E-state index contributed by atoms with van der Waals surface area (Å²) in [6, 6.07) is 6.56. The van der Waals surface area contributed by atoms with E-state index in [9.17, 15) is 28.0 Å². The van der Waals surface area contributed by atoms with Gasteiger partial charge in [0.15, 0.2) is 5.78 Å². The van der Waals surface area contributed by atoms with E-state index in [1.807, 2.05) is 19.9 Å². The van der Waals surface area contributed by atoms with Gasteiger partial charge in [0, 0.05) is 55.8 Å². The van der Waals surface area contributed by atoms with Crippen molar-refractivity contribution in [3.05, 3.63) is 64.0 Å². The number of hydrogen-bond acceptors (Lipinski definition) is 4. The van der Waals surface area contributed by atoms with Crippen molar-refractivity contribution in [3.8, 4) is 6.07 Å². The number of alkyl halides is 3. The molecule has 1 amide bonds. The van der Waals surface area contributed by atoms with Crippen molar-refractivity contribution >= 4 is 22.7 Å². The van der Waals surface area contributed by atoms with Gasteiger partial charge in [0.1, 0.15) is 5.65 Å². The number of Topliss-reactive ketones (excluding diaryl/α,β-unsaturated/α-hetero) is 1. The second-order valence-electron chi connectivity index (χ2n) is 10.0. The van der Waals surface area contributed by atoms with E-state index in [2.05, 4.69) is 4.98 Å². The van der Waals surface area contributed by atoms with Crippen LogP contribution in [0.2, 0.25) is 0 Å². The standard InChI is InChI=1S/C28H29F3N4O2/c1-16(2)27(37)35-9-7-18(8-10-35)22-15-34(4)26-24(22)25(28(29,30)31)21(14-33-26)12-23(36)19-6-5-17(3)20(11-19)13-32/h5-6,11,14-16,18H,7-10,12H2,1-4H3. The van der Waals surface area contributed by atoms with E-state index in [1.165, 1.54) is 12.1 Å². The maximum absolute atomic E-state index is 14.6. The molecule has 0 spiro atoms. The average molecular weight is 511 g/mol. The van der Waals surface area contributed by atoms with E-state index in [1.54, 1.807) is 35.7 Å². The normalized spacial score (nSPS) is 14.8. The van der Waals surface area contributed by atoms with Crippen molar-refractivity contribution < 1.29 is 22.8 Å². The van der Waals surface area contributed by atoms with E-state index in [4.69, 9.17) is 0 Å². The van der Waals surface area contributed by atoms with Gasteiger partial charge in [0.25, 0.3) is 0 Å². The Hall–Kier alpha value is -3.67. The molecule has 0 atom stereocenters. The number of nitriles is 1. The van der Waals surface area contributed by atoms with Crippen LogP contribution in [0.3, 0.4) is 0 Å². The number of benzene rings is 1. The largest absolute Gasteiger partial charge is 0.417 e. The predicted octanol–water partition coefficient (Wildman–Crippen LogP) is 5.56. The molecular formula is C28H29F3N4O2. The number of halogens is 3. The molecular weight excluding hydrogens is 481 g/mol. The van der Waals surface area contributed by atoms with E-state index in [0.29, 0.717) is 42.6 Å². The first-order valence-corrected chi connectivity index (χ1v) is 12.3. The molecule has 6 nitrogen and oxygen atoms in total. The van der Waals surface area contributed by atoms with Crippen LogP contribution >= 0.6 is 0 Å². The first-order valence-electron chi connectivity index (χ1n) is 12.3. The van der Waals surface area contributed by atoms with E-state index in [-0.39, 0.29) is 39.9 Å². The number of pyridine rings is 1. The lowest BCUT2D eigenvalue weighted by Crippen LogP contribution is -2.40. The van der Waals surface area contributed by atoms with Crippen LogP contribution < -0.4 is 0 Å². The smallest absolute Gasteiger partial charge is 0.342 e. The summed E-state index contributed by atoms with van der Waals surface area (Å²) >= 11 is 0. The summed E-state index contributed by atoms with van der Waals surface area (Å²) in [5.41, 5.74) is 0.910. The highest BCUT2D eigenvalue weighted by molar-refractivity contribution is 5.99. The van der Waals surface area contributed by atoms with Gasteiger partial charge in [-0.3, -0.25) is 9.59 Å². The van der Waals surface area contributed by atoms with Crippen molar-refractivity contribution in [3.63, 3.8) is 0 Å². The molecule has 3 heterocycles. The fourth-order valence-corrected chi connectivity index (χ4v) is 5.15. The van der Waals surface area contributed by atoms with Crippen LogP contribution in [0, 0.1) is 24.2 Å². The summed E-state index contributed by atoms with van der Waals surface area (Å²) in [7, 11) is 1.66. The number of hydrogen-bond donors (Lipinski definition) is 0. The zero-order valence-electron chi connectivity index (χ0n) is 21.3. The SMILES string of the molecule is Cc1ccc(C(=O)Cc2cnc3c(c(C4CCN(C(=O)C(C)C)CC4)cn3C)c2C(F)(F)F)cc1C#N. The fourth-order valence-electron chi connectivity index (χ4n) is 5.15. The van der Waals surface area contributed by atoms with Crippen LogP contribution in [0.5, 0.6) is 0 Å². The molecule has 0 aliphatic carbocycles.